The number of aromatic nitrogens is 1. The van der Waals surface area contributed by atoms with Gasteiger partial charge in [-0.2, -0.15) is 0 Å². The molecule has 0 aromatic carbocycles. The van der Waals surface area contributed by atoms with Gasteiger partial charge in [-0.25, -0.2) is 0 Å². The molecule has 1 aliphatic carbocycles. The van der Waals surface area contributed by atoms with Crippen molar-refractivity contribution in [3.05, 3.63) is 29.6 Å². The fourth-order valence-electron chi connectivity index (χ4n) is 3.68. The first-order chi connectivity index (χ1) is 10.1. The van der Waals surface area contributed by atoms with E-state index in [1.165, 1.54) is 36.8 Å². The Morgan fingerprint density at radius 2 is 2.10 bits per heavy atom. The van der Waals surface area contributed by atoms with Gasteiger partial charge in [0.25, 0.3) is 0 Å². The lowest BCUT2D eigenvalue weighted by atomic mass is 9.70. The summed E-state index contributed by atoms with van der Waals surface area (Å²) in [6.45, 7) is 11.3. The van der Waals surface area contributed by atoms with Crippen molar-refractivity contribution in [3.8, 4) is 0 Å². The van der Waals surface area contributed by atoms with Crippen molar-refractivity contribution in [2.24, 2.45) is 17.8 Å². The fraction of sp³-hybridized carbons (Fsp3) is 0.737. The van der Waals surface area contributed by atoms with Crippen molar-refractivity contribution in [2.45, 2.75) is 59.3 Å². The van der Waals surface area contributed by atoms with Crippen molar-refractivity contribution >= 4 is 0 Å². The molecule has 1 fully saturated rings. The summed E-state index contributed by atoms with van der Waals surface area (Å²) in [7, 11) is 0. The fourth-order valence-corrected chi connectivity index (χ4v) is 3.68. The van der Waals surface area contributed by atoms with Gasteiger partial charge in [-0.1, -0.05) is 39.7 Å². The Hall–Kier alpha value is -0.890. The zero-order valence-corrected chi connectivity index (χ0v) is 14.2. The molecule has 0 amide bonds. The molecule has 1 saturated carbocycles. The second kappa shape index (κ2) is 7.93. The third-order valence-electron chi connectivity index (χ3n) is 4.96. The van der Waals surface area contributed by atoms with Crippen molar-refractivity contribution in [1.82, 2.24) is 10.3 Å². The van der Waals surface area contributed by atoms with Crippen molar-refractivity contribution in [1.29, 1.82) is 0 Å². The average molecular weight is 288 g/mol. The average Bonchev–Trinajstić information content (AvgIpc) is 2.47. The van der Waals surface area contributed by atoms with E-state index in [9.17, 15) is 0 Å². The Balaban J connectivity index is 2.06. The molecule has 1 aromatic heterocycles. The molecule has 118 valence electrons. The molecule has 0 bridgehead atoms. The highest BCUT2D eigenvalue weighted by atomic mass is 14.9. The summed E-state index contributed by atoms with van der Waals surface area (Å²) in [5.41, 5.74) is 2.75. The van der Waals surface area contributed by atoms with Gasteiger partial charge in [0.15, 0.2) is 0 Å². The minimum atomic E-state index is 0.691. The Morgan fingerprint density at radius 1 is 1.29 bits per heavy atom. The Morgan fingerprint density at radius 3 is 2.76 bits per heavy atom. The van der Waals surface area contributed by atoms with Gasteiger partial charge in [-0.05, 0) is 67.7 Å². The van der Waals surface area contributed by atoms with Crippen LogP contribution in [0.1, 0.15) is 63.5 Å². The van der Waals surface area contributed by atoms with Crippen LogP contribution in [0.25, 0.3) is 0 Å². The second-order valence-electron chi connectivity index (χ2n) is 7.30. The third-order valence-corrected chi connectivity index (χ3v) is 4.96. The molecule has 2 nitrogen and oxygen atoms in total. The molecule has 2 heteroatoms. The lowest BCUT2D eigenvalue weighted by Gasteiger charge is -2.36. The van der Waals surface area contributed by atoms with Crippen LogP contribution in [0.15, 0.2) is 18.5 Å². The van der Waals surface area contributed by atoms with Gasteiger partial charge in [-0.3, -0.25) is 4.98 Å². The van der Waals surface area contributed by atoms with E-state index in [-0.39, 0.29) is 0 Å². The quantitative estimate of drug-likeness (QED) is 0.831. The van der Waals surface area contributed by atoms with Gasteiger partial charge in [0.2, 0.25) is 0 Å². The van der Waals surface area contributed by atoms with Gasteiger partial charge in [0, 0.05) is 12.4 Å². The van der Waals surface area contributed by atoms with Gasteiger partial charge in [-0.15, -0.1) is 0 Å². The normalized spacial score (nSPS) is 26.2. The molecule has 0 saturated heterocycles. The standard InChI is InChI=1S/C19H32N2/c1-5-16-6-7-17(12-20-10-14(2)3)19(9-16)18-8-15(4)11-21-13-18/h8,11,13-14,16-17,19-20H,5-7,9-10,12H2,1-4H3. The highest BCUT2D eigenvalue weighted by Crippen LogP contribution is 2.41. The van der Waals surface area contributed by atoms with Crippen LogP contribution in [0.4, 0.5) is 0 Å². The zero-order chi connectivity index (χ0) is 15.2. The number of aryl methyl sites for hydroxylation is 1. The highest BCUT2D eigenvalue weighted by Gasteiger charge is 2.30. The molecule has 1 aliphatic rings. The van der Waals surface area contributed by atoms with Crippen LogP contribution in [0, 0.1) is 24.7 Å². The first-order valence-electron chi connectivity index (χ1n) is 8.72. The van der Waals surface area contributed by atoms with Gasteiger partial charge in [0.05, 0.1) is 0 Å². The molecule has 1 heterocycles. The van der Waals surface area contributed by atoms with E-state index in [0.717, 1.165) is 30.8 Å². The van der Waals surface area contributed by atoms with E-state index in [4.69, 9.17) is 0 Å². The topological polar surface area (TPSA) is 24.9 Å². The third kappa shape index (κ3) is 4.81. The van der Waals surface area contributed by atoms with Crippen LogP contribution in [-0.2, 0) is 0 Å². The van der Waals surface area contributed by atoms with Crippen LogP contribution >= 0.6 is 0 Å². The number of nitrogens with one attached hydrogen (secondary N) is 1. The monoisotopic (exact) mass is 288 g/mol. The maximum Gasteiger partial charge on any atom is 0.0303 e. The lowest BCUT2D eigenvalue weighted by molar-refractivity contribution is 0.224. The molecule has 0 radical (unpaired) electrons. The van der Waals surface area contributed by atoms with Crippen LogP contribution < -0.4 is 5.32 Å². The number of hydrogen-bond acceptors (Lipinski definition) is 2. The number of hydrogen-bond donors (Lipinski definition) is 1. The van der Waals surface area contributed by atoms with Crippen molar-refractivity contribution in [3.63, 3.8) is 0 Å². The summed E-state index contributed by atoms with van der Waals surface area (Å²) in [6, 6.07) is 2.35. The predicted molar refractivity (Wildman–Crippen MR) is 90.5 cm³/mol. The summed E-state index contributed by atoms with van der Waals surface area (Å²) < 4.78 is 0. The van der Waals surface area contributed by atoms with Crippen LogP contribution in [0.3, 0.4) is 0 Å². The number of rotatable bonds is 6. The first kappa shape index (κ1) is 16.5. The van der Waals surface area contributed by atoms with Crippen LogP contribution in [-0.4, -0.2) is 18.1 Å². The molecular weight excluding hydrogens is 256 g/mol. The molecule has 0 aliphatic heterocycles. The largest absolute Gasteiger partial charge is 0.316 e. The molecule has 2 rings (SSSR count). The van der Waals surface area contributed by atoms with Gasteiger partial charge < -0.3 is 5.32 Å². The molecular formula is C19H32N2. The summed E-state index contributed by atoms with van der Waals surface area (Å²) in [6.07, 6.45) is 9.50. The minimum Gasteiger partial charge on any atom is -0.316 e. The van der Waals surface area contributed by atoms with E-state index >= 15 is 0 Å². The molecule has 1 aromatic rings. The second-order valence-corrected chi connectivity index (χ2v) is 7.30. The lowest BCUT2D eigenvalue weighted by Crippen LogP contribution is -2.33. The summed E-state index contributed by atoms with van der Waals surface area (Å²) >= 11 is 0. The van der Waals surface area contributed by atoms with E-state index in [2.05, 4.69) is 50.3 Å². The number of nitrogens with zero attached hydrogens (tertiary/aromatic N) is 1. The maximum atomic E-state index is 4.43. The molecule has 1 N–H and O–H groups in total. The zero-order valence-electron chi connectivity index (χ0n) is 14.2. The maximum absolute atomic E-state index is 4.43. The Bertz CT molecular complexity index is 427. The Kier molecular flexibility index (Phi) is 6.22. The van der Waals surface area contributed by atoms with Crippen molar-refractivity contribution < 1.29 is 0 Å². The SMILES string of the molecule is CCC1CCC(CNCC(C)C)C(c2cncc(C)c2)C1. The van der Waals surface area contributed by atoms with E-state index in [1.807, 2.05) is 6.20 Å². The van der Waals surface area contributed by atoms with E-state index in [0.29, 0.717) is 5.92 Å². The first-order valence-corrected chi connectivity index (χ1v) is 8.72. The Labute approximate surface area is 130 Å². The van der Waals surface area contributed by atoms with E-state index < -0.39 is 0 Å². The molecule has 3 atom stereocenters. The van der Waals surface area contributed by atoms with Crippen LogP contribution in [0.5, 0.6) is 0 Å². The van der Waals surface area contributed by atoms with Crippen molar-refractivity contribution in [2.75, 3.05) is 13.1 Å². The van der Waals surface area contributed by atoms with Crippen LogP contribution in [0.2, 0.25) is 0 Å². The van der Waals surface area contributed by atoms with E-state index in [1.54, 1.807) is 0 Å². The molecule has 21 heavy (non-hydrogen) atoms. The summed E-state index contributed by atoms with van der Waals surface area (Å²) in [5, 5.41) is 3.68. The minimum absolute atomic E-state index is 0.691. The van der Waals surface area contributed by atoms with Gasteiger partial charge >= 0.3 is 0 Å². The molecule has 0 spiro atoms. The smallest absolute Gasteiger partial charge is 0.0303 e. The molecule has 3 unspecified atom stereocenters. The number of pyridine rings is 1. The summed E-state index contributed by atoms with van der Waals surface area (Å²) in [5.74, 6) is 3.10. The highest BCUT2D eigenvalue weighted by molar-refractivity contribution is 5.22. The predicted octanol–water partition coefficient (Wildman–Crippen LogP) is 4.55. The summed E-state index contributed by atoms with van der Waals surface area (Å²) in [4.78, 5) is 4.43. The van der Waals surface area contributed by atoms with Gasteiger partial charge in [0.1, 0.15) is 0 Å².